The second kappa shape index (κ2) is 13.2. The average Bonchev–Trinajstić information content (AvgIpc) is 3.01. The number of hydrogen-bond donors (Lipinski definition) is 1. The van der Waals surface area contributed by atoms with Gasteiger partial charge in [-0.05, 0) is 104 Å². The molecule has 7 rings (SSSR count). The van der Waals surface area contributed by atoms with Gasteiger partial charge in [0.1, 0.15) is 12.6 Å². The first-order valence-corrected chi connectivity index (χ1v) is 18.6. The van der Waals surface area contributed by atoms with Crippen LogP contribution in [0.4, 0.5) is 5.69 Å². The highest BCUT2D eigenvalue weighted by Gasteiger charge is 2.51. The van der Waals surface area contributed by atoms with Gasteiger partial charge in [-0.1, -0.05) is 72.3 Å². The van der Waals surface area contributed by atoms with Gasteiger partial charge in [-0.15, -0.1) is 0 Å². The zero-order valence-electron chi connectivity index (χ0n) is 27.3. The number of carbonyl (C=O) groups excluding carboxylic acids is 2. The van der Waals surface area contributed by atoms with Crippen LogP contribution in [0.25, 0.3) is 0 Å². The second-order valence-corrected chi connectivity index (χ2v) is 16.0. The van der Waals surface area contributed by atoms with Gasteiger partial charge < -0.3 is 10.2 Å². The molecule has 7 nitrogen and oxygen atoms in total. The largest absolute Gasteiger partial charge is 0.355 e. The second-order valence-electron chi connectivity index (χ2n) is 14.1. The van der Waals surface area contributed by atoms with Crippen molar-refractivity contribution in [1.29, 1.82) is 0 Å². The van der Waals surface area contributed by atoms with E-state index >= 15 is 0 Å². The Bertz CT molecular complexity index is 1620. The van der Waals surface area contributed by atoms with Crippen molar-refractivity contribution < 1.29 is 18.0 Å². The Morgan fingerprint density at radius 3 is 2.04 bits per heavy atom. The number of hydrogen-bond acceptors (Lipinski definition) is 4. The zero-order valence-corrected chi connectivity index (χ0v) is 28.1. The molecule has 0 aliphatic heterocycles. The molecule has 0 heterocycles. The Morgan fingerprint density at radius 1 is 0.870 bits per heavy atom. The highest BCUT2D eigenvalue weighted by atomic mass is 32.2. The number of likely N-dealkylation sites (N-methyl/N-ethyl adjacent to an activating group) is 1. The predicted octanol–water partition coefficient (Wildman–Crippen LogP) is 6.01. The number of rotatable bonds is 12. The monoisotopic (exact) mass is 641 g/mol. The molecule has 0 unspecified atom stereocenters. The van der Waals surface area contributed by atoms with Gasteiger partial charge in [-0.3, -0.25) is 13.9 Å². The van der Waals surface area contributed by atoms with E-state index in [1.165, 1.54) is 48.4 Å². The molecule has 4 fully saturated rings. The van der Waals surface area contributed by atoms with Crippen molar-refractivity contribution in [1.82, 2.24) is 10.2 Å². The van der Waals surface area contributed by atoms with Gasteiger partial charge in [-0.25, -0.2) is 8.42 Å². The predicted molar refractivity (Wildman–Crippen MR) is 183 cm³/mol. The van der Waals surface area contributed by atoms with Crippen LogP contribution < -0.4 is 9.62 Å². The summed E-state index contributed by atoms with van der Waals surface area (Å²) < 4.78 is 27.7. The highest BCUT2D eigenvalue weighted by molar-refractivity contribution is 7.92. The molecule has 1 N–H and O–H groups in total. The third kappa shape index (κ3) is 7.02. The summed E-state index contributed by atoms with van der Waals surface area (Å²) in [5.41, 5.74) is 4.80. The van der Waals surface area contributed by atoms with Crippen LogP contribution in [0.2, 0.25) is 0 Å². The molecule has 4 saturated carbocycles. The van der Waals surface area contributed by atoms with Crippen LogP contribution in [0, 0.1) is 24.7 Å². The Morgan fingerprint density at radius 2 is 1.48 bits per heavy atom. The number of benzene rings is 3. The summed E-state index contributed by atoms with van der Waals surface area (Å²) >= 11 is 0. The Balaban J connectivity index is 1.30. The van der Waals surface area contributed by atoms with Crippen molar-refractivity contribution in [2.24, 2.45) is 17.8 Å². The third-order valence-corrected chi connectivity index (χ3v) is 11.7. The van der Waals surface area contributed by atoms with E-state index in [1.54, 1.807) is 4.90 Å². The van der Waals surface area contributed by atoms with E-state index in [0.717, 1.165) is 40.7 Å². The quantitative estimate of drug-likeness (QED) is 0.263. The molecule has 2 amide bonds. The Labute approximate surface area is 274 Å². The molecule has 244 valence electrons. The molecule has 0 saturated heterocycles. The lowest BCUT2D eigenvalue weighted by atomic mass is 9.48. The fraction of sp³-hybridized carbons (Fsp3) is 0.474. The lowest BCUT2D eigenvalue weighted by Crippen LogP contribution is -2.53. The van der Waals surface area contributed by atoms with E-state index in [4.69, 9.17) is 0 Å². The van der Waals surface area contributed by atoms with Crippen LogP contribution in [0.1, 0.15) is 67.7 Å². The van der Waals surface area contributed by atoms with Gasteiger partial charge in [0.05, 0.1) is 11.9 Å². The summed E-state index contributed by atoms with van der Waals surface area (Å²) in [5.74, 6) is 1.74. The maximum absolute atomic E-state index is 14.3. The van der Waals surface area contributed by atoms with E-state index in [1.807, 2.05) is 80.6 Å². The first-order valence-electron chi connectivity index (χ1n) is 16.8. The molecule has 4 aliphatic rings. The first-order chi connectivity index (χ1) is 22.0. The molecule has 4 aliphatic carbocycles. The van der Waals surface area contributed by atoms with Gasteiger partial charge >= 0.3 is 0 Å². The minimum Gasteiger partial charge on any atom is -0.355 e. The van der Waals surface area contributed by atoms with E-state index in [2.05, 4.69) is 17.4 Å². The third-order valence-electron chi connectivity index (χ3n) is 10.5. The summed E-state index contributed by atoms with van der Waals surface area (Å²) in [6.07, 6.45) is 9.22. The number of carbonyl (C=O) groups is 2. The topological polar surface area (TPSA) is 86.8 Å². The van der Waals surface area contributed by atoms with Crippen LogP contribution in [-0.4, -0.2) is 50.5 Å². The van der Waals surface area contributed by atoms with Crippen molar-refractivity contribution in [3.8, 4) is 0 Å². The normalized spacial score (nSPS) is 23.9. The van der Waals surface area contributed by atoms with Crippen molar-refractivity contribution in [2.45, 2.75) is 76.8 Å². The lowest BCUT2D eigenvalue weighted by molar-refractivity contribution is -0.140. The fourth-order valence-corrected chi connectivity index (χ4v) is 9.76. The van der Waals surface area contributed by atoms with E-state index in [0.29, 0.717) is 18.7 Å². The van der Waals surface area contributed by atoms with Gasteiger partial charge in [0.2, 0.25) is 21.8 Å². The molecule has 8 heteroatoms. The van der Waals surface area contributed by atoms with Crippen molar-refractivity contribution in [3.63, 3.8) is 0 Å². The van der Waals surface area contributed by atoms with E-state index in [9.17, 15) is 18.0 Å². The molecule has 3 aromatic carbocycles. The number of amides is 2. The number of aryl methyl sites for hydroxylation is 1. The van der Waals surface area contributed by atoms with Crippen LogP contribution in [0.3, 0.4) is 0 Å². The fourth-order valence-electron chi connectivity index (χ4n) is 8.91. The molecular weight excluding hydrogens is 595 g/mol. The standard InChI is InChI=1S/C38H47N3O4S/c1-4-39-37(43)35(21-28-10-6-5-7-11-28)40(25-29-12-8-9-27(2)17-29)36(42)26-41(46(3,44)45)34-15-13-33(14-16-34)38-22-30-18-31(23-38)20-32(19-30)24-38/h5-17,30-32,35H,4,18-26H2,1-3H3,(H,39,43)/t30?,31?,32?,35-,38?/m0/s1. The van der Waals surface area contributed by atoms with Gasteiger partial charge in [0, 0.05) is 19.5 Å². The van der Waals surface area contributed by atoms with Crippen molar-refractivity contribution in [2.75, 3.05) is 23.7 Å². The average molecular weight is 642 g/mol. The van der Waals surface area contributed by atoms with Gasteiger partial charge in [0.25, 0.3) is 0 Å². The number of sulfonamides is 1. The minimum atomic E-state index is -3.81. The number of nitrogens with zero attached hydrogens (tertiary/aromatic N) is 2. The van der Waals surface area contributed by atoms with E-state index < -0.39 is 28.5 Å². The smallest absolute Gasteiger partial charge is 0.244 e. The van der Waals surface area contributed by atoms with Crippen LogP contribution in [0.15, 0.2) is 78.9 Å². The molecule has 3 aromatic rings. The lowest BCUT2D eigenvalue weighted by Gasteiger charge is -2.57. The Hall–Kier alpha value is -3.65. The summed E-state index contributed by atoms with van der Waals surface area (Å²) in [7, 11) is -3.81. The maximum Gasteiger partial charge on any atom is 0.244 e. The minimum absolute atomic E-state index is 0.178. The molecule has 1 atom stereocenters. The first kappa shape index (κ1) is 32.3. The Kier molecular flexibility index (Phi) is 9.28. The molecular formula is C38H47N3O4S. The SMILES string of the molecule is CCNC(=O)[C@H](Cc1ccccc1)N(Cc1cccc(C)c1)C(=O)CN(c1ccc(C23CC4CC(CC(C4)C2)C3)cc1)S(C)(=O)=O. The number of anilines is 1. The zero-order chi connectivity index (χ0) is 32.5. The molecule has 0 spiro atoms. The van der Waals surface area contributed by atoms with E-state index in [-0.39, 0.29) is 17.9 Å². The molecule has 0 aromatic heterocycles. The summed E-state index contributed by atoms with van der Waals surface area (Å²) in [6.45, 7) is 4.04. The summed E-state index contributed by atoms with van der Waals surface area (Å²) in [6, 6.07) is 24.6. The van der Waals surface area contributed by atoms with Crippen LogP contribution in [0.5, 0.6) is 0 Å². The number of nitrogens with one attached hydrogen (secondary N) is 1. The highest BCUT2D eigenvalue weighted by Crippen LogP contribution is 2.60. The molecule has 4 bridgehead atoms. The van der Waals surface area contributed by atoms with Crippen molar-refractivity contribution >= 4 is 27.5 Å². The summed E-state index contributed by atoms with van der Waals surface area (Å²) in [5, 5.41) is 2.91. The molecule has 46 heavy (non-hydrogen) atoms. The maximum atomic E-state index is 14.3. The summed E-state index contributed by atoms with van der Waals surface area (Å²) in [4.78, 5) is 29.5. The molecule has 0 radical (unpaired) electrons. The van der Waals surface area contributed by atoms with Crippen LogP contribution in [-0.2, 0) is 38.0 Å². The van der Waals surface area contributed by atoms with Gasteiger partial charge in [0.15, 0.2) is 0 Å². The van der Waals surface area contributed by atoms with Gasteiger partial charge in [-0.2, -0.15) is 0 Å². The van der Waals surface area contributed by atoms with Crippen LogP contribution >= 0.6 is 0 Å². The van der Waals surface area contributed by atoms with Crippen molar-refractivity contribution in [3.05, 3.63) is 101 Å².